The van der Waals surface area contributed by atoms with Crippen LogP contribution < -0.4 is 11.4 Å². The van der Waals surface area contributed by atoms with Gasteiger partial charge < -0.3 is 5.73 Å². The van der Waals surface area contributed by atoms with Crippen LogP contribution in [-0.4, -0.2) is 9.55 Å². The van der Waals surface area contributed by atoms with Crippen LogP contribution in [0, 0.1) is 0 Å². The Labute approximate surface area is 70.0 Å². The first-order valence-electron chi connectivity index (χ1n) is 4.13. The Bertz CT molecular complexity index is 356. The monoisotopic (exact) mass is 165 g/mol. The summed E-state index contributed by atoms with van der Waals surface area (Å²) < 4.78 is 1.71. The molecule has 0 radical (unpaired) electrons. The molecule has 1 aromatic rings. The largest absolute Gasteiger partial charge is 0.383 e. The molecule has 4 heteroatoms. The minimum absolute atomic E-state index is 0.204. The number of nitrogens with zero attached hydrogens (tertiary/aromatic N) is 2. The molecule has 1 aliphatic rings. The zero-order valence-electron chi connectivity index (χ0n) is 6.79. The quantitative estimate of drug-likeness (QED) is 0.595. The lowest BCUT2D eigenvalue weighted by Crippen LogP contribution is -2.29. The van der Waals surface area contributed by atoms with Crippen molar-refractivity contribution in [1.82, 2.24) is 9.55 Å². The Morgan fingerprint density at radius 1 is 1.50 bits per heavy atom. The van der Waals surface area contributed by atoms with E-state index in [0.29, 0.717) is 5.82 Å². The third-order valence-corrected chi connectivity index (χ3v) is 2.18. The minimum atomic E-state index is -0.204. The fourth-order valence-corrected chi connectivity index (χ4v) is 1.60. The predicted octanol–water partition coefficient (Wildman–Crippen LogP) is 0.162. The van der Waals surface area contributed by atoms with Gasteiger partial charge in [-0.1, -0.05) is 0 Å². The molecule has 0 fully saturated rings. The molecule has 12 heavy (non-hydrogen) atoms. The van der Waals surface area contributed by atoms with E-state index in [0.717, 1.165) is 31.5 Å². The number of aryl methyl sites for hydroxylation is 1. The van der Waals surface area contributed by atoms with E-state index in [-0.39, 0.29) is 5.69 Å². The van der Waals surface area contributed by atoms with Crippen molar-refractivity contribution in [2.45, 2.75) is 25.8 Å². The Hall–Kier alpha value is -1.32. The van der Waals surface area contributed by atoms with Gasteiger partial charge in [0.2, 0.25) is 0 Å². The second-order valence-electron chi connectivity index (χ2n) is 3.06. The summed E-state index contributed by atoms with van der Waals surface area (Å²) >= 11 is 0. The molecule has 0 spiro atoms. The highest BCUT2D eigenvalue weighted by Crippen LogP contribution is 2.12. The molecule has 2 heterocycles. The molecule has 4 nitrogen and oxygen atoms in total. The van der Waals surface area contributed by atoms with Gasteiger partial charge in [-0.05, 0) is 19.3 Å². The fraction of sp³-hybridized carbons (Fsp3) is 0.500. The van der Waals surface area contributed by atoms with Gasteiger partial charge in [-0.25, -0.2) is 4.79 Å². The van der Waals surface area contributed by atoms with E-state index in [2.05, 4.69) is 4.98 Å². The van der Waals surface area contributed by atoms with Gasteiger partial charge in [-0.3, -0.25) is 4.57 Å². The number of aromatic nitrogens is 2. The summed E-state index contributed by atoms with van der Waals surface area (Å²) in [6, 6.07) is 1.79. The van der Waals surface area contributed by atoms with Gasteiger partial charge >= 0.3 is 5.69 Å². The van der Waals surface area contributed by atoms with Crippen LogP contribution in [0.15, 0.2) is 10.9 Å². The van der Waals surface area contributed by atoms with E-state index in [1.807, 2.05) is 0 Å². The third-order valence-electron chi connectivity index (χ3n) is 2.18. The highest BCUT2D eigenvalue weighted by Gasteiger charge is 2.10. The zero-order valence-corrected chi connectivity index (χ0v) is 6.79. The highest BCUT2D eigenvalue weighted by molar-refractivity contribution is 5.29. The molecule has 0 bridgehead atoms. The molecular formula is C8H11N3O. The van der Waals surface area contributed by atoms with Crippen molar-refractivity contribution >= 4 is 5.82 Å². The predicted molar refractivity (Wildman–Crippen MR) is 45.8 cm³/mol. The lowest BCUT2D eigenvalue weighted by molar-refractivity contribution is 0.504. The molecule has 0 unspecified atom stereocenters. The smallest absolute Gasteiger partial charge is 0.349 e. The van der Waals surface area contributed by atoms with Crippen LogP contribution in [0.5, 0.6) is 0 Å². The summed E-state index contributed by atoms with van der Waals surface area (Å²) in [6.07, 6.45) is 3.16. The molecule has 2 rings (SSSR count). The summed E-state index contributed by atoms with van der Waals surface area (Å²) in [4.78, 5) is 14.9. The lowest BCUT2D eigenvalue weighted by Gasteiger charge is -2.16. The first kappa shape index (κ1) is 7.34. The highest BCUT2D eigenvalue weighted by atomic mass is 16.1. The number of rotatable bonds is 0. The number of anilines is 1. The fourth-order valence-electron chi connectivity index (χ4n) is 1.60. The maximum atomic E-state index is 11.3. The molecule has 64 valence electrons. The average molecular weight is 165 g/mol. The molecular weight excluding hydrogens is 154 g/mol. The number of hydrogen-bond acceptors (Lipinski definition) is 3. The molecule has 0 saturated heterocycles. The summed E-state index contributed by atoms with van der Waals surface area (Å²) in [7, 11) is 0. The van der Waals surface area contributed by atoms with E-state index >= 15 is 0 Å². The molecule has 1 aliphatic heterocycles. The van der Waals surface area contributed by atoms with Crippen molar-refractivity contribution in [2.75, 3.05) is 5.73 Å². The van der Waals surface area contributed by atoms with Gasteiger partial charge in [-0.15, -0.1) is 0 Å². The second-order valence-corrected chi connectivity index (χ2v) is 3.06. The van der Waals surface area contributed by atoms with E-state index in [1.54, 1.807) is 10.6 Å². The first-order chi connectivity index (χ1) is 5.77. The topological polar surface area (TPSA) is 60.9 Å². The minimum Gasteiger partial charge on any atom is -0.383 e. The van der Waals surface area contributed by atoms with Crippen molar-refractivity contribution < 1.29 is 0 Å². The Kier molecular flexibility index (Phi) is 1.60. The van der Waals surface area contributed by atoms with Crippen LogP contribution >= 0.6 is 0 Å². The van der Waals surface area contributed by atoms with Crippen molar-refractivity contribution in [3.05, 3.63) is 22.2 Å². The number of fused-ring (bicyclic) bond motifs is 1. The lowest BCUT2D eigenvalue weighted by atomic mass is 10.1. The summed E-state index contributed by atoms with van der Waals surface area (Å²) in [6.45, 7) is 0.793. The van der Waals surface area contributed by atoms with Gasteiger partial charge in [0.05, 0.1) is 0 Å². The van der Waals surface area contributed by atoms with Gasteiger partial charge in [-0.2, -0.15) is 4.98 Å². The molecule has 0 amide bonds. The normalized spacial score (nSPS) is 15.7. The number of hydrogen-bond donors (Lipinski definition) is 1. The van der Waals surface area contributed by atoms with Gasteiger partial charge in [0.25, 0.3) is 0 Å². The van der Waals surface area contributed by atoms with Crippen LogP contribution in [-0.2, 0) is 13.0 Å². The van der Waals surface area contributed by atoms with E-state index < -0.39 is 0 Å². The van der Waals surface area contributed by atoms with Crippen LogP contribution in [0.1, 0.15) is 18.5 Å². The van der Waals surface area contributed by atoms with Crippen molar-refractivity contribution in [1.29, 1.82) is 0 Å². The summed E-state index contributed by atoms with van der Waals surface area (Å²) in [5, 5.41) is 0. The molecule has 2 N–H and O–H groups in total. The summed E-state index contributed by atoms with van der Waals surface area (Å²) in [5.74, 6) is 0.341. The van der Waals surface area contributed by atoms with Crippen LogP contribution in [0.3, 0.4) is 0 Å². The zero-order chi connectivity index (χ0) is 8.55. The Morgan fingerprint density at radius 3 is 3.17 bits per heavy atom. The first-order valence-corrected chi connectivity index (χ1v) is 4.13. The Balaban J connectivity index is 2.60. The van der Waals surface area contributed by atoms with E-state index in [1.165, 1.54) is 0 Å². The Morgan fingerprint density at radius 2 is 2.33 bits per heavy atom. The maximum Gasteiger partial charge on any atom is 0.349 e. The van der Waals surface area contributed by atoms with Gasteiger partial charge in [0, 0.05) is 18.3 Å². The number of nitrogens with two attached hydrogens (primary N) is 1. The van der Waals surface area contributed by atoms with E-state index in [4.69, 9.17) is 5.73 Å². The molecule has 0 aromatic carbocycles. The number of nitrogen functional groups attached to an aromatic ring is 1. The van der Waals surface area contributed by atoms with Crippen LogP contribution in [0.4, 0.5) is 5.82 Å². The summed E-state index contributed by atoms with van der Waals surface area (Å²) in [5.41, 5.74) is 6.28. The maximum absolute atomic E-state index is 11.3. The van der Waals surface area contributed by atoms with Crippen LogP contribution in [0.2, 0.25) is 0 Å². The second kappa shape index (κ2) is 2.62. The van der Waals surface area contributed by atoms with Crippen LogP contribution in [0.25, 0.3) is 0 Å². The van der Waals surface area contributed by atoms with Gasteiger partial charge in [0.15, 0.2) is 0 Å². The molecule has 0 aliphatic carbocycles. The molecule has 1 aromatic heterocycles. The van der Waals surface area contributed by atoms with E-state index in [9.17, 15) is 4.79 Å². The molecule has 0 atom stereocenters. The average Bonchev–Trinajstić information content (AvgIpc) is 2.04. The van der Waals surface area contributed by atoms with Crippen molar-refractivity contribution in [2.24, 2.45) is 0 Å². The standard InChI is InChI=1S/C8H11N3O/c9-7-5-6-3-1-2-4-11(6)8(12)10-7/h5H,1-4H2,(H2,9,10,12). The van der Waals surface area contributed by atoms with Gasteiger partial charge in [0.1, 0.15) is 5.82 Å². The SMILES string of the molecule is Nc1cc2n(c(=O)n1)CCCC2. The van der Waals surface area contributed by atoms with Crippen molar-refractivity contribution in [3.63, 3.8) is 0 Å². The molecule has 0 saturated carbocycles. The third kappa shape index (κ3) is 1.09. The van der Waals surface area contributed by atoms with Crippen molar-refractivity contribution in [3.8, 4) is 0 Å².